The largest absolute Gasteiger partial charge is 0.490 e. The summed E-state index contributed by atoms with van der Waals surface area (Å²) in [5.74, 6) is 1.66. The summed E-state index contributed by atoms with van der Waals surface area (Å²) < 4.78 is 11.7. The number of unbranched alkanes of at least 4 members (excludes halogenated alkanes) is 5. The maximum absolute atomic E-state index is 5.94. The van der Waals surface area contributed by atoms with Gasteiger partial charge in [-0.15, -0.1) is 11.3 Å². The van der Waals surface area contributed by atoms with E-state index in [1.807, 2.05) is 19.1 Å². The zero-order valence-electron chi connectivity index (χ0n) is 16.3. The third-order valence-electron chi connectivity index (χ3n) is 4.29. The van der Waals surface area contributed by atoms with Crippen LogP contribution in [-0.4, -0.2) is 13.2 Å². The van der Waals surface area contributed by atoms with Gasteiger partial charge in [0.15, 0.2) is 11.5 Å². The Balaban J connectivity index is 1.75. The molecule has 0 spiro atoms. The number of benzene rings is 1. The number of hydrogen-bond acceptors (Lipinski definition) is 4. The molecular formula is C22H33NO2S. The average Bonchev–Trinajstić information content (AvgIpc) is 3.17. The van der Waals surface area contributed by atoms with E-state index in [0.717, 1.165) is 24.6 Å². The Hall–Kier alpha value is -1.52. The fourth-order valence-corrected chi connectivity index (χ4v) is 3.47. The van der Waals surface area contributed by atoms with Crippen molar-refractivity contribution < 1.29 is 9.47 Å². The Labute approximate surface area is 162 Å². The van der Waals surface area contributed by atoms with Crippen LogP contribution in [0.5, 0.6) is 11.5 Å². The van der Waals surface area contributed by atoms with Crippen molar-refractivity contribution in [1.82, 2.24) is 5.32 Å². The molecular weight excluding hydrogens is 342 g/mol. The first-order valence-corrected chi connectivity index (χ1v) is 10.8. The van der Waals surface area contributed by atoms with Gasteiger partial charge in [0.2, 0.25) is 0 Å². The lowest BCUT2D eigenvalue weighted by Gasteiger charge is -2.13. The highest BCUT2D eigenvalue weighted by atomic mass is 32.1. The molecule has 0 saturated carbocycles. The molecule has 144 valence electrons. The minimum Gasteiger partial charge on any atom is -0.490 e. The second kappa shape index (κ2) is 12.8. The monoisotopic (exact) mass is 375 g/mol. The molecule has 0 saturated heterocycles. The van der Waals surface area contributed by atoms with E-state index in [-0.39, 0.29) is 0 Å². The number of thiophene rings is 1. The highest BCUT2D eigenvalue weighted by Gasteiger charge is 2.07. The first kappa shape index (κ1) is 20.8. The second-order valence-electron chi connectivity index (χ2n) is 6.53. The maximum Gasteiger partial charge on any atom is 0.161 e. The topological polar surface area (TPSA) is 30.5 Å². The van der Waals surface area contributed by atoms with Crippen LogP contribution in [0.4, 0.5) is 0 Å². The molecule has 0 aliphatic heterocycles. The van der Waals surface area contributed by atoms with Gasteiger partial charge < -0.3 is 14.8 Å². The van der Waals surface area contributed by atoms with Crippen LogP contribution >= 0.6 is 11.3 Å². The fourth-order valence-electron chi connectivity index (χ4n) is 2.86. The van der Waals surface area contributed by atoms with Crippen LogP contribution in [0.1, 0.15) is 62.8 Å². The van der Waals surface area contributed by atoms with E-state index < -0.39 is 0 Å². The molecule has 1 aromatic carbocycles. The summed E-state index contributed by atoms with van der Waals surface area (Å²) in [7, 11) is 0. The molecule has 0 radical (unpaired) electrons. The SMILES string of the molecule is CCCCCCCCNCc1ccc(OCc2cccs2)c(OCC)c1. The summed E-state index contributed by atoms with van der Waals surface area (Å²) in [6.07, 6.45) is 8.00. The van der Waals surface area contributed by atoms with Crippen LogP contribution in [0.3, 0.4) is 0 Å². The number of hydrogen-bond donors (Lipinski definition) is 1. The Morgan fingerprint density at radius 1 is 0.923 bits per heavy atom. The van der Waals surface area contributed by atoms with Crippen LogP contribution in [0.2, 0.25) is 0 Å². The van der Waals surface area contributed by atoms with E-state index in [1.54, 1.807) is 11.3 Å². The van der Waals surface area contributed by atoms with Crippen molar-refractivity contribution in [1.29, 1.82) is 0 Å². The van der Waals surface area contributed by atoms with Crippen LogP contribution in [0.25, 0.3) is 0 Å². The lowest BCUT2D eigenvalue weighted by atomic mass is 10.1. The zero-order chi connectivity index (χ0) is 18.5. The molecule has 0 unspecified atom stereocenters. The number of ether oxygens (including phenoxy) is 2. The Bertz CT molecular complexity index is 598. The standard InChI is InChI=1S/C22H33NO2S/c1-3-5-6-7-8-9-14-23-17-19-12-13-21(22(16-19)24-4-2)25-18-20-11-10-15-26-20/h10-13,15-16,23H,3-9,14,17-18H2,1-2H3. The molecule has 0 amide bonds. The first-order valence-electron chi connectivity index (χ1n) is 9.95. The van der Waals surface area contributed by atoms with E-state index in [0.29, 0.717) is 13.2 Å². The minimum absolute atomic E-state index is 0.591. The van der Waals surface area contributed by atoms with Crippen molar-refractivity contribution in [2.75, 3.05) is 13.2 Å². The van der Waals surface area contributed by atoms with Crippen molar-refractivity contribution in [3.8, 4) is 11.5 Å². The van der Waals surface area contributed by atoms with Crippen molar-refractivity contribution >= 4 is 11.3 Å². The Kier molecular flexibility index (Phi) is 10.2. The van der Waals surface area contributed by atoms with E-state index in [2.05, 4.69) is 35.8 Å². The van der Waals surface area contributed by atoms with Gasteiger partial charge in [-0.3, -0.25) is 0 Å². The molecule has 0 aliphatic rings. The van der Waals surface area contributed by atoms with Crippen molar-refractivity contribution in [3.63, 3.8) is 0 Å². The lowest BCUT2D eigenvalue weighted by molar-refractivity contribution is 0.271. The average molecular weight is 376 g/mol. The molecule has 1 N–H and O–H groups in total. The van der Waals surface area contributed by atoms with Crippen molar-refractivity contribution in [3.05, 3.63) is 46.2 Å². The molecule has 0 aliphatic carbocycles. The van der Waals surface area contributed by atoms with Gasteiger partial charge in [-0.05, 0) is 49.0 Å². The molecule has 0 atom stereocenters. The normalized spacial score (nSPS) is 10.8. The van der Waals surface area contributed by atoms with Crippen LogP contribution in [-0.2, 0) is 13.2 Å². The molecule has 1 heterocycles. The molecule has 0 bridgehead atoms. The second-order valence-corrected chi connectivity index (χ2v) is 7.56. The molecule has 1 aromatic heterocycles. The van der Waals surface area contributed by atoms with Gasteiger partial charge in [0.05, 0.1) is 6.61 Å². The van der Waals surface area contributed by atoms with Gasteiger partial charge in [-0.25, -0.2) is 0 Å². The number of nitrogens with one attached hydrogen (secondary N) is 1. The minimum atomic E-state index is 0.591. The molecule has 26 heavy (non-hydrogen) atoms. The summed E-state index contributed by atoms with van der Waals surface area (Å²) in [6.45, 7) is 7.45. The molecule has 4 heteroatoms. The molecule has 2 aromatic rings. The highest BCUT2D eigenvalue weighted by Crippen LogP contribution is 2.29. The number of rotatable bonds is 14. The molecule has 0 fully saturated rings. The summed E-state index contributed by atoms with van der Waals surface area (Å²) in [5.41, 5.74) is 1.24. The van der Waals surface area contributed by atoms with Gasteiger partial charge in [-0.1, -0.05) is 51.2 Å². The highest BCUT2D eigenvalue weighted by molar-refractivity contribution is 7.09. The quantitative estimate of drug-likeness (QED) is 0.400. The predicted octanol–water partition coefficient (Wildman–Crippen LogP) is 6.18. The van der Waals surface area contributed by atoms with Crippen LogP contribution in [0, 0.1) is 0 Å². The Morgan fingerprint density at radius 3 is 2.54 bits per heavy atom. The molecule has 3 nitrogen and oxygen atoms in total. The third-order valence-corrected chi connectivity index (χ3v) is 5.14. The summed E-state index contributed by atoms with van der Waals surface area (Å²) in [4.78, 5) is 1.22. The van der Waals surface area contributed by atoms with Gasteiger partial charge in [0, 0.05) is 11.4 Å². The van der Waals surface area contributed by atoms with Crippen LogP contribution in [0.15, 0.2) is 35.7 Å². The summed E-state index contributed by atoms with van der Waals surface area (Å²) >= 11 is 1.71. The van der Waals surface area contributed by atoms with Gasteiger partial charge in [0.25, 0.3) is 0 Å². The van der Waals surface area contributed by atoms with Gasteiger partial charge in [0.1, 0.15) is 6.61 Å². The van der Waals surface area contributed by atoms with E-state index in [1.165, 1.54) is 49.0 Å². The first-order chi connectivity index (χ1) is 12.8. The van der Waals surface area contributed by atoms with Gasteiger partial charge in [-0.2, -0.15) is 0 Å². The van der Waals surface area contributed by atoms with Crippen molar-refractivity contribution in [2.45, 2.75) is 65.5 Å². The zero-order valence-corrected chi connectivity index (χ0v) is 17.1. The van der Waals surface area contributed by atoms with E-state index >= 15 is 0 Å². The van der Waals surface area contributed by atoms with E-state index in [9.17, 15) is 0 Å². The Morgan fingerprint density at radius 2 is 1.77 bits per heavy atom. The summed E-state index contributed by atoms with van der Waals surface area (Å²) in [5, 5.41) is 5.61. The van der Waals surface area contributed by atoms with Crippen molar-refractivity contribution in [2.24, 2.45) is 0 Å². The fraction of sp³-hybridized carbons (Fsp3) is 0.545. The predicted molar refractivity (Wildman–Crippen MR) is 111 cm³/mol. The smallest absolute Gasteiger partial charge is 0.161 e. The molecule has 2 rings (SSSR count). The van der Waals surface area contributed by atoms with Crippen LogP contribution < -0.4 is 14.8 Å². The third kappa shape index (κ3) is 7.79. The maximum atomic E-state index is 5.94. The van der Waals surface area contributed by atoms with Gasteiger partial charge >= 0.3 is 0 Å². The van der Waals surface area contributed by atoms with E-state index in [4.69, 9.17) is 9.47 Å². The summed E-state index contributed by atoms with van der Waals surface area (Å²) in [6, 6.07) is 10.4. The lowest BCUT2D eigenvalue weighted by Crippen LogP contribution is -2.14.